The van der Waals surface area contributed by atoms with Crippen molar-refractivity contribution in [3.63, 3.8) is 0 Å². The van der Waals surface area contributed by atoms with E-state index in [1.54, 1.807) is 12.3 Å². The molecule has 2 aromatic rings. The highest BCUT2D eigenvalue weighted by molar-refractivity contribution is 9.09. The van der Waals surface area contributed by atoms with Crippen LogP contribution in [0, 0.1) is 0 Å². The van der Waals surface area contributed by atoms with Crippen LogP contribution in [0.25, 0.3) is 11.0 Å². The first-order chi connectivity index (χ1) is 7.22. The SMILES string of the molecule is OC(CBr)C(O)c1cnc2[nH]ncc2c1. The quantitative estimate of drug-likeness (QED) is 0.720. The molecule has 2 rings (SSSR count). The molecule has 5 nitrogen and oxygen atoms in total. The van der Waals surface area contributed by atoms with Crippen LogP contribution in [0.4, 0.5) is 0 Å². The predicted octanol–water partition coefficient (Wildman–Crippen LogP) is 0.747. The lowest BCUT2D eigenvalue weighted by Crippen LogP contribution is -2.19. The minimum Gasteiger partial charge on any atom is -0.389 e. The topological polar surface area (TPSA) is 82.0 Å². The van der Waals surface area contributed by atoms with Crippen LogP contribution in [0.3, 0.4) is 0 Å². The van der Waals surface area contributed by atoms with E-state index in [-0.39, 0.29) is 0 Å². The number of aliphatic hydroxyl groups is 2. The second kappa shape index (κ2) is 4.26. The first-order valence-electron chi connectivity index (χ1n) is 4.43. The molecule has 0 aliphatic heterocycles. The maximum Gasteiger partial charge on any atom is 0.155 e. The van der Waals surface area contributed by atoms with Gasteiger partial charge in [-0.15, -0.1) is 0 Å². The number of rotatable bonds is 3. The number of hydrogen-bond donors (Lipinski definition) is 3. The van der Waals surface area contributed by atoms with Gasteiger partial charge in [-0.3, -0.25) is 5.10 Å². The van der Waals surface area contributed by atoms with E-state index in [0.717, 1.165) is 5.39 Å². The van der Waals surface area contributed by atoms with Crippen molar-refractivity contribution in [1.29, 1.82) is 0 Å². The van der Waals surface area contributed by atoms with Crippen molar-refractivity contribution in [3.8, 4) is 0 Å². The number of nitrogens with one attached hydrogen (secondary N) is 1. The van der Waals surface area contributed by atoms with Crippen LogP contribution >= 0.6 is 15.9 Å². The molecule has 2 heterocycles. The molecule has 0 saturated carbocycles. The first-order valence-corrected chi connectivity index (χ1v) is 5.55. The number of aliphatic hydroxyl groups excluding tert-OH is 2. The fourth-order valence-corrected chi connectivity index (χ4v) is 1.68. The minimum absolute atomic E-state index is 0.317. The zero-order valence-electron chi connectivity index (χ0n) is 7.76. The molecule has 15 heavy (non-hydrogen) atoms. The number of hydrogen-bond acceptors (Lipinski definition) is 4. The summed E-state index contributed by atoms with van der Waals surface area (Å²) in [5.74, 6) is 0. The van der Waals surface area contributed by atoms with Crippen molar-refractivity contribution in [2.24, 2.45) is 0 Å². The Labute approximate surface area is 94.3 Å². The molecule has 0 fully saturated rings. The van der Waals surface area contributed by atoms with Crippen molar-refractivity contribution in [3.05, 3.63) is 24.0 Å². The normalized spacial score (nSPS) is 15.4. The van der Waals surface area contributed by atoms with Gasteiger partial charge >= 0.3 is 0 Å². The Bertz CT molecular complexity index is 459. The van der Waals surface area contributed by atoms with Gasteiger partial charge in [0.15, 0.2) is 5.65 Å². The van der Waals surface area contributed by atoms with E-state index in [0.29, 0.717) is 16.5 Å². The third-order valence-corrected chi connectivity index (χ3v) is 2.84. The maximum absolute atomic E-state index is 9.74. The number of alkyl halides is 1. The largest absolute Gasteiger partial charge is 0.389 e. The molecule has 0 amide bonds. The number of H-pyrrole nitrogens is 1. The summed E-state index contributed by atoms with van der Waals surface area (Å²) in [5, 5.41) is 26.9. The highest BCUT2D eigenvalue weighted by atomic mass is 79.9. The average Bonchev–Trinajstić information content (AvgIpc) is 2.73. The van der Waals surface area contributed by atoms with Crippen LogP contribution < -0.4 is 0 Å². The Hall–Kier alpha value is -0.980. The molecule has 2 aromatic heterocycles. The predicted molar refractivity (Wildman–Crippen MR) is 58.6 cm³/mol. The number of aromatic amines is 1. The van der Waals surface area contributed by atoms with Gasteiger partial charge in [-0.2, -0.15) is 5.10 Å². The van der Waals surface area contributed by atoms with E-state index >= 15 is 0 Å². The third-order valence-electron chi connectivity index (χ3n) is 2.18. The fourth-order valence-electron chi connectivity index (χ4n) is 1.32. The lowest BCUT2D eigenvalue weighted by Gasteiger charge is -2.15. The molecule has 2 atom stereocenters. The van der Waals surface area contributed by atoms with Crippen molar-refractivity contribution >= 4 is 27.0 Å². The third kappa shape index (κ3) is 2.01. The Kier molecular flexibility index (Phi) is 2.99. The highest BCUT2D eigenvalue weighted by Gasteiger charge is 2.17. The van der Waals surface area contributed by atoms with Crippen LogP contribution in [0.5, 0.6) is 0 Å². The van der Waals surface area contributed by atoms with Crippen LogP contribution in [-0.4, -0.2) is 36.8 Å². The van der Waals surface area contributed by atoms with Gasteiger partial charge in [-0.1, -0.05) is 15.9 Å². The molecule has 2 unspecified atom stereocenters. The first kappa shape index (κ1) is 10.5. The van der Waals surface area contributed by atoms with Gasteiger partial charge in [0, 0.05) is 22.5 Å². The Balaban J connectivity index is 2.35. The molecule has 0 bridgehead atoms. The van der Waals surface area contributed by atoms with Gasteiger partial charge in [-0.25, -0.2) is 4.98 Å². The molecule has 0 radical (unpaired) electrons. The van der Waals surface area contributed by atoms with Crippen LogP contribution in [-0.2, 0) is 0 Å². The average molecular weight is 272 g/mol. The smallest absolute Gasteiger partial charge is 0.155 e. The maximum atomic E-state index is 9.74. The zero-order valence-corrected chi connectivity index (χ0v) is 9.35. The lowest BCUT2D eigenvalue weighted by atomic mass is 10.1. The molecule has 6 heteroatoms. The number of halogens is 1. The van der Waals surface area contributed by atoms with E-state index in [1.807, 2.05) is 0 Å². The summed E-state index contributed by atoms with van der Waals surface area (Å²) in [4.78, 5) is 4.07. The van der Waals surface area contributed by atoms with Crippen molar-refractivity contribution < 1.29 is 10.2 Å². The summed E-state index contributed by atoms with van der Waals surface area (Å²) in [6.07, 6.45) is 1.38. The number of nitrogens with zero attached hydrogens (tertiary/aromatic N) is 2. The molecule has 3 N–H and O–H groups in total. The van der Waals surface area contributed by atoms with Crippen LogP contribution in [0.1, 0.15) is 11.7 Å². The summed E-state index contributed by atoms with van der Waals surface area (Å²) in [6.45, 7) is 0. The molecular weight excluding hydrogens is 262 g/mol. The Morgan fingerprint density at radius 1 is 1.40 bits per heavy atom. The summed E-state index contributed by atoms with van der Waals surface area (Å²) in [5.41, 5.74) is 1.25. The Morgan fingerprint density at radius 2 is 2.20 bits per heavy atom. The van der Waals surface area contributed by atoms with Crippen LogP contribution in [0.15, 0.2) is 18.5 Å². The molecule has 0 aromatic carbocycles. The molecule has 0 aliphatic carbocycles. The summed E-state index contributed by atoms with van der Waals surface area (Å²) >= 11 is 3.11. The van der Waals surface area contributed by atoms with E-state index in [9.17, 15) is 10.2 Å². The van der Waals surface area contributed by atoms with E-state index in [2.05, 4.69) is 31.1 Å². The van der Waals surface area contributed by atoms with Gasteiger partial charge < -0.3 is 10.2 Å². The fraction of sp³-hybridized carbons (Fsp3) is 0.333. The minimum atomic E-state index is -0.934. The zero-order chi connectivity index (χ0) is 10.8. The van der Waals surface area contributed by atoms with Gasteiger partial charge in [0.2, 0.25) is 0 Å². The molecular formula is C9H10BrN3O2. The molecule has 0 saturated heterocycles. The molecule has 80 valence electrons. The second-order valence-electron chi connectivity index (χ2n) is 3.24. The van der Waals surface area contributed by atoms with Gasteiger partial charge in [0.25, 0.3) is 0 Å². The summed E-state index contributed by atoms with van der Waals surface area (Å²) in [7, 11) is 0. The summed E-state index contributed by atoms with van der Waals surface area (Å²) < 4.78 is 0. The number of aromatic nitrogens is 3. The Morgan fingerprint density at radius 3 is 2.93 bits per heavy atom. The molecule has 0 spiro atoms. The van der Waals surface area contributed by atoms with E-state index < -0.39 is 12.2 Å². The second-order valence-corrected chi connectivity index (χ2v) is 3.89. The van der Waals surface area contributed by atoms with Gasteiger partial charge in [0.1, 0.15) is 6.10 Å². The van der Waals surface area contributed by atoms with Gasteiger partial charge in [-0.05, 0) is 6.07 Å². The highest BCUT2D eigenvalue weighted by Crippen LogP contribution is 2.20. The lowest BCUT2D eigenvalue weighted by molar-refractivity contribution is 0.0341. The standard InChI is InChI=1S/C9H10BrN3O2/c10-2-7(14)8(15)5-1-6-4-12-13-9(6)11-3-5/h1,3-4,7-8,14-15H,2H2,(H,11,12,13). The van der Waals surface area contributed by atoms with Crippen LogP contribution in [0.2, 0.25) is 0 Å². The van der Waals surface area contributed by atoms with E-state index in [4.69, 9.17) is 0 Å². The monoisotopic (exact) mass is 271 g/mol. The van der Waals surface area contributed by atoms with Crippen molar-refractivity contribution in [1.82, 2.24) is 15.2 Å². The van der Waals surface area contributed by atoms with Crippen molar-refractivity contribution in [2.45, 2.75) is 12.2 Å². The van der Waals surface area contributed by atoms with Gasteiger partial charge in [0.05, 0.1) is 12.3 Å². The summed E-state index contributed by atoms with van der Waals surface area (Å²) in [6, 6.07) is 1.75. The number of fused-ring (bicyclic) bond motifs is 1. The van der Waals surface area contributed by atoms with Crippen molar-refractivity contribution in [2.75, 3.05) is 5.33 Å². The van der Waals surface area contributed by atoms with E-state index in [1.165, 1.54) is 6.20 Å². The number of pyridine rings is 1. The molecule has 0 aliphatic rings.